The number of carbonyl (C=O) groups excluding carboxylic acids is 2. The number of hydrogen-bond donors (Lipinski definition) is 0. The summed E-state index contributed by atoms with van der Waals surface area (Å²) in [6.07, 6.45) is 2.99. The Hall–Kier alpha value is -3.36. The Morgan fingerprint density at radius 2 is 2.03 bits per heavy atom. The number of carbonyl (C=O) groups is 2. The maximum Gasteiger partial charge on any atom is 0.363 e. The molecular weight excluding hydrogens is 502 g/mol. The van der Waals surface area contributed by atoms with E-state index in [1.807, 2.05) is 0 Å². The SMILES string of the molecule is CCOc1cc(/C=C2\N=C(c3ccco3)OC2=O)cc(Br)c1OC(=O)c1ccccc1Cl. The van der Waals surface area contributed by atoms with Gasteiger partial charge in [-0.1, -0.05) is 23.7 Å². The van der Waals surface area contributed by atoms with Crippen LogP contribution in [0, 0.1) is 0 Å². The number of benzene rings is 2. The lowest BCUT2D eigenvalue weighted by Crippen LogP contribution is -2.11. The summed E-state index contributed by atoms with van der Waals surface area (Å²) < 4.78 is 22.0. The highest BCUT2D eigenvalue weighted by Gasteiger charge is 2.26. The fraction of sp³-hybridized carbons (Fsp3) is 0.0870. The van der Waals surface area contributed by atoms with Crippen LogP contribution in [0.2, 0.25) is 5.02 Å². The molecule has 0 N–H and O–H groups in total. The lowest BCUT2D eigenvalue weighted by Gasteiger charge is -2.14. The first-order chi connectivity index (χ1) is 15.5. The highest BCUT2D eigenvalue weighted by atomic mass is 79.9. The van der Waals surface area contributed by atoms with Crippen molar-refractivity contribution in [2.45, 2.75) is 6.92 Å². The molecule has 0 spiro atoms. The Morgan fingerprint density at radius 3 is 2.75 bits per heavy atom. The fourth-order valence-electron chi connectivity index (χ4n) is 2.88. The van der Waals surface area contributed by atoms with Crippen molar-refractivity contribution in [2.75, 3.05) is 6.61 Å². The molecular formula is C23H15BrClNO6. The normalized spacial score (nSPS) is 14.3. The van der Waals surface area contributed by atoms with E-state index in [1.165, 1.54) is 12.3 Å². The molecule has 0 bridgehead atoms. The van der Waals surface area contributed by atoms with Gasteiger partial charge in [-0.15, -0.1) is 0 Å². The summed E-state index contributed by atoms with van der Waals surface area (Å²) in [5.41, 5.74) is 0.893. The second-order valence-corrected chi connectivity index (χ2v) is 7.71. The molecule has 7 nitrogen and oxygen atoms in total. The first kappa shape index (κ1) is 21.9. The predicted molar refractivity (Wildman–Crippen MR) is 121 cm³/mol. The van der Waals surface area contributed by atoms with Gasteiger partial charge in [0.15, 0.2) is 23.0 Å². The highest BCUT2D eigenvalue weighted by Crippen LogP contribution is 2.38. The van der Waals surface area contributed by atoms with Gasteiger partial charge in [-0.2, -0.15) is 0 Å². The van der Waals surface area contributed by atoms with E-state index in [-0.39, 0.29) is 27.9 Å². The van der Waals surface area contributed by atoms with E-state index in [1.54, 1.807) is 55.5 Å². The molecule has 162 valence electrons. The van der Waals surface area contributed by atoms with E-state index in [9.17, 15) is 9.59 Å². The monoisotopic (exact) mass is 515 g/mol. The summed E-state index contributed by atoms with van der Waals surface area (Å²) >= 11 is 9.50. The van der Waals surface area contributed by atoms with Crippen LogP contribution in [0.25, 0.3) is 6.08 Å². The lowest BCUT2D eigenvalue weighted by atomic mass is 10.1. The van der Waals surface area contributed by atoms with Gasteiger partial charge in [0.1, 0.15) is 0 Å². The third kappa shape index (κ3) is 4.61. The zero-order valence-corrected chi connectivity index (χ0v) is 19.0. The first-order valence-electron chi connectivity index (χ1n) is 9.45. The number of nitrogens with zero attached hydrogens (tertiary/aromatic N) is 1. The molecule has 0 atom stereocenters. The standard InChI is InChI=1S/C23H15BrClNO6/c1-2-29-19-12-13(11-17-23(28)32-21(26-17)18-8-5-9-30-18)10-15(24)20(19)31-22(27)14-6-3-4-7-16(14)25/h3-12H,2H2,1H3/b17-11-. The third-order valence-electron chi connectivity index (χ3n) is 4.28. The van der Waals surface area contributed by atoms with Gasteiger partial charge in [-0.05, 0) is 70.9 Å². The second kappa shape index (κ2) is 9.42. The largest absolute Gasteiger partial charge is 0.490 e. The van der Waals surface area contributed by atoms with Crippen molar-refractivity contribution in [1.82, 2.24) is 0 Å². The van der Waals surface area contributed by atoms with E-state index in [4.69, 9.17) is 30.2 Å². The number of furan rings is 1. The Balaban J connectivity index is 1.66. The lowest BCUT2D eigenvalue weighted by molar-refractivity contribution is -0.130. The van der Waals surface area contributed by atoms with Crippen LogP contribution in [0.5, 0.6) is 11.5 Å². The van der Waals surface area contributed by atoms with Crippen molar-refractivity contribution in [3.8, 4) is 11.5 Å². The van der Waals surface area contributed by atoms with Gasteiger partial charge >= 0.3 is 11.9 Å². The molecule has 0 saturated heterocycles. The maximum atomic E-state index is 12.6. The molecule has 2 aromatic carbocycles. The van der Waals surface area contributed by atoms with Gasteiger partial charge in [-0.3, -0.25) is 0 Å². The number of halogens is 2. The van der Waals surface area contributed by atoms with Gasteiger partial charge in [0.05, 0.1) is 27.9 Å². The molecule has 0 aliphatic carbocycles. The van der Waals surface area contributed by atoms with E-state index in [0.717, 1.165) is 0 Å². The fourth-order valence-corrected chi connectivity index (χ4v) is 3.63. The van der Waals surface area contributed by atoms with E-state index < -0.39 is 11.9 Å². The predicted octanol–water partition coefficient (Wildman–Crippen LogP) is 5.66. The Labute approximate surface area is 196 Å². The summed E-state index contributed by atoms with van der Waals surface area (Å²) in [6, 6.07) is 13.2. The van der Waals surface area contributed by atoms with E-state index in [0.29, 0.717) is 28.2 Å². The molecule has 2 heterocycles. The third-order valence-corrected chi connectivity index (χ3v) is 5.19. The van der Waals surface area contributed by atoms with Gasteiger partial charge in [0.25, 0.3) is 5.90 Å². The second-order valence-electron chi connectivity index (χ2n) is 6.45. The zero-order valence-electron chi connectivity index (χ0n) is 16.6. The van der Waals surface area contributed by atoms with E-state index in [2.05, 4.69) is 20.9 Å². The Kier molecular flexibility index (Phi) is 6.43. The number of aliphatic imine (C=N–C) groups is 1. The Morgan fingerprint density at radius 1 is 1.22 bits per heavy atom. The molecule has 0 saturated carbocycles. The van der Waals surface area contributed by atoms with E-state index >= 15 is 0 Å². The topological polar surface area (TPSA) is 87.3 Å². The molecule has 0 radical (unpaired) electrons. The number of esters is 2. The molecule has 0 unspecified atom stereocenters. The van der Waals surface area contributed by atoms with Crippen molar-refractivity contribution < 1.29 is 28.2 Å². The van der Waals surface area contributed by atoms with Crippen LogP contribution in [-0.4, -0.2) is 24.4 Å². The molecule has 3 aromatic rings. The number of cyclic esters (lactones) is 1. The maximum absolute atomic E-state index is 12.6. The van der Waals surface area contributed by atoms with Crippen molar-refractivity contribution >= 4 is 51.4 Å². The highest BCUT2D eigenvalue weighted by molar-refractivity contribution is 9.10. The van der Waals surface area contributed by atoms with Gasteiger partial charge in [-0.25, -0.2) is 14.6 Å². The smallest absolute Gasteiger partial charge is 0.363 e. The average Bonchev–Trinajstić information content (AvgIpc) is 3.41. The summed E-state index contributed by atoms with van der Waals surface area (Å²) in [5.74, 6) is -0.320. The van der Waals surface area contributed by atoms with Gasteiger partial charge < -0.3 is 18.6 Å². The Bertz CT molecular complexity index is 1250. The van der Waals surface area contributed by atoms with Crippen molar-refractivity contribution in [2.24, 2.45) is 4.99 Å². The molecule has 0 fully saturated rings. The quantitative estimate of drug-likeness (QED) is 0.239. The average molecular weight is 517 g/mol. The first-order valence-corrected chi connectivity index (χ1v) is 10.6. The molecule has 4 rings (SSSR count). The molecule has 1 aliphatic heterocycles. The minimum atomic E-state index is -0.629. The van der Waals surface area contributed by atoms with Crippen molar-refractivity contribution in [3.63, 3.8) is 0 Å². The van der Waals surface area contributed by atoms with Crippen LogP contribution >= 0.6 is 27.5 Å². The number of hydrogen-bond acceptors (Lipinski definition) is 7. The summed E-state index contributed by atoms with van der Waals surface area (Å²) in [7, 11) is 0. The summed E-state index contributed by atoms with van der Waals surface area (Å²) in [6.45, 7) is 2.12. The minimum absolute atomic E-state index is 0.0839. The van der Waals surface area contributed by atoms with Gasteiger partial charge in [0, 0.05) is 0 Å². The minimum Gasteiger partial charge on any atom is -0.490 e. The van der Waals surface area contributed by atoms with Crippen LogP contribution in [0.3, 0.4) is 0 Å². The molecule has 32 heavy (non-hydrogen) atoms. The number of rotatable bonds is 6. The van der Waals surface area contributed by atoms with Crippen molar-refractivity contribution in [1.29, 1.82) is 0 Å². The van der Waals surface area contributed by atoms with Crippen LogP contribution < -0.4 is 9.47 Å². The van der Waals surface area contributed by atoms with Crippen LogP contribution in [0.1, 0.15) is 28.6 Å². The van der Waals surface area contributed by atoms with Crippen LogP contribution in [0.4, 0.5) is 0 Å². The summed E-state index contributed by atoms with van der Waals surface area (Å²) in [4.78, 5) is 29.0. The molecule has 1 aliphatic rings. The van der Waals surface area contributed by atoms with Gasteiger partial charge in [0.2, 0.25) is 0 Å². The zero-order chi connectivity index (χ0) is 22.7. The molecule has 0 amide bonds. The number of ether oxygens (including phenoxy) is 3. The van der Waals surface area contributed by atoms with Crippen LogP contribution in [0.15, 0.2) is 74.4 Å². The van der Waals surface area contributed by atoms with Crippen LogP contribution in [-0.2, 0) is 9.53 Å². The van der Waals surface area contributed by atoms with Crippen molar-refractivity contribution in [3.05, 3.63) is 86.9 Å². The summed E-state index contributed by atoms with van der Waals surface area (Å²) in [5, 5.41) is 0.276. The molecule has 1 aromatic heterocycles. The molecule has 9 heteroatoms.